The molecule has 78 valence electrons. The SMILES string of the molecule is C[C@H](O)c1cccc(NS(C)(=O)=O)c1. The predicted molar refractivity (Wildman–Crippen MR) is 55.5 cm³/mol. The van der Waals surface area contributed by atoms with Crippen LogP contribution >= 0.6 is 0 Å². The largest absolute Gasteiger partial charge is 0.389 e. The van der Waals surface area contributed by atoms with Crippen molar-refractivity contribution in [2.45, 2.75) is 13.0 Å². The zero-order chi connectivity index (χ0) is 10.8. The molecule has 4 nitrogen and oxygen atoms in total. The Kier molecular flexibility index (Phi) is 3.13. The van der Waals surface area contributed by atoms with Gasteiger partial charge in [0.2, 0.25) is 10.0 Å². The first-order valence-electron chi connectivity index (χ1n) is 4.14. The van der Waals surface area contributed by atoms with Gasteiger partial charge in [-0.15, -0.1) is 0 Å². The molecule has 0 heterocycles. The highest BCUT2D eigenvalue weighted by atomic mass is 32.2. The van der Waals surface area contributed by atoms with Gasteiger partial charge >= 0.3 is 0 Å². The van der Waals surface area contributed by atoms with Crippen LogP contribution in [0.1, 0.15) is 18.6 Å². The van der Waals surface area contributed by atoms with Crippen LogP contribution < -0.4 is 4.72 Å². The number of anilines is 1. The number of hydrogen-bond donors (Lipinski definition) is 2. The summed E-state index contributed by atoms with van der Waals surface area (Å²) in [6.07, 6.45) is 0.485. The van der Waals surface area contributed by atoms with Crippen LogP contribution in [-0.4, -0.2) is 19.8 Å². The first-order valence-corrected chi connectivity index (χ1v) is 6.03. The van der Waals surface area contributed by atoms with Crippen LogP contribution in [0.4, 0.5) is 5.69 Å². The van der Waals surface area contributed by atoms with E-state index < -0.39 is 16.1 Å². The van der Waals surface area contributed by atoms with Crippen molar-refractivity contribution >= 4 is 15.7 Å². The van der Waals surface area contributed by atoms with Crippen molar-refractivity contribution in [3.8, 4) is 0 Å². The van der Waals surface area contributed by atoms with Crippen molar-refractivity contribution in [3.05, 3.63) is 29.8 Å². The van der Waals surface area contributed by atoms with E-state index in [1.165, 1.54) is 0 Å². The molecule has 1 rings (SSSR count). The highest BCUT2D eigenvalue weighted by molar-refractivity contribution is 7.92. The second kappa shape index (κ2) is 3.98. The fraction of sp³-hybridized carbons (Fsp3) is 0.333. The molecule has 1 atom stereocenters. The number of aliphatic hydroxyl groups is 1. The zero-order valence-corrected chi connectivity index (χ0v) is 8.88. The Morgan fingerprint density at radius 1 is 1.43 bits per heavy atom. The van der Waals surface area contributed by atoms with Crippen molar-refractivity contribution in [1.29, 1.82) is 0 Å². The third-order valence-electron chi connectivity index (χ3n) is 1.67. The number of aliphatic hydroxyl groups excluding tert-OH is 1. The van der Waals surface area contributed by atoms with Gasteiger partial charge in [0, 0.05) is 5.69 Å². The van der Waals surface area contributed by atoms with E-state index in [1.54, 1.807) is 31.2 Å². The monoisotopic (exact) mass is 215 g/mol. The molecule has 0 fully saturated rings. The van der Waals surface area contributed by atoms with Crippen molar-refractivity contribution < 1.29 is 13.5 Å². The van der Waals surface area contributed by atoms with E-state index in [1.807, 2.05) is 0 Å². The third-order valence-corrected chi connectivity index (χ3v) is 2.28. The average molecular weight is 215 g/mol. The van der Waals surface area contributed by atoms with Crippen LogP contribution in [-0.2, 0) is 10.0 Å². The first kappa shape index (κ1) is 11.0. The van der Waals surface area contributed by atoms with Crippen molar-refractivity contribution in [3.63, 3.8) is 0 Å². The van der Waals surface area contributed by atoms with E-state index in [4.69, 9.17) is 0 Å². The summed E-state index contributed by atoms with van der Waals surface area (Å²) in [5.74, 6) is 0. The molecule has 14 heavy (non-hydrogen) atoms. The molecule has 0 radical (unpaired) electrons. The number of sulfonamides is 1. The minimum Gasteiger partial charge on any atom is -0.389 e. The zero-order valence-electron chi connectivity index (χ0n) is 8.06. The van der Waals surface area contributed by atoms with Gasteiger partial charge in [-0.25, -0.2) is 8.42 Å². The Hall–Kier alpha value is -1.07. The van der Waals surface area contributed by atoms with E-state index >= 15 is 0 Å². The summed E-state index contributed by atoms with van der Waals surface area (Å²) in [6.45, 7) is 1.62. The summed E-state index contributed by atoms with van der Waals surface area (Å²) in [5.41, 5.74) is 1.14. The summed E-state index contributed by atoms with van der Waals surface area (Å²) in [5, 5.41) is 9.27. The second-order valence-electron chi connectivity index (χ2n) is 3.18. The van der Waals surface area contributed by atoms with Gasteiger partial charge < -0.3 is 5.11 Å². The minimum atomic E-state index is -3.25. The molecule has 0 saturated carbocycles. The van der Waals surface area contributed by atoms with Gasteiger partial charge in [-0.1, -0.05) is 12.1 Å². The van der Waals surface area contributed by atoms with Crippen LogP contribution in [0.3, 0.4) is 0 Å². The Balaban J connectivity index is 2.95. The quantitative estimate of drug-likeness (QED) is 0.793. The van der Waals surface area contributed by atoms with Crippen LogP contribution in [0.15, 0.2) is 24.3 Å². The van der Waals surface area contributed by atoms with Crippen molar-refractivity contribution in [2.24, 2.45) is 0 Å². The molecule has 0 unspecified atom stereocenters. The third kappa shape index (κ3) is 3.35. The molecule has 0 aromatic heterocycles. The molecular weight excluding hydrogens is 202 g/mol. The fourth-order valence-corrected chi connectivity index (χ4v) is 1.63. The summed E-state index contributed by atoms with van der Waals surface area (Å²) in [4.78, 5) is 0. The van der Waals surface area contributed by atoms with Gasteiger partial charge in [-0.05, 0) is 24.6 Å². The molecule has 5 heteroatoms. The fourth-order valence-electron chi connectivity index (χ4n) is 1.08. The van der Waals surface area contributed by atoms with Gasteiger partial charge in [-0.2, -0.15) is 0 Å². The van der Waals surface area contributed by atoms with Gasteiger partial charge in [0.15, 0.2) is 0 Å². The summed E-state index contributed by atoms with van der Waals surface area (Å²) in [6, 6.07) is 6.66. The topological polar surface area (TPSA) is 66.4 Å². The second-order valence-corrected chi connectivity index (χ2v) is 4.92. The lowest BCUT2D eigenvalue weighted by Gasteiger charge is -2.08. The van der Waals surface area contributed by atoms with Gasteiger partial charge in [0.05, 0.1) is 12.4 Å². The van der Waals surface area contributed by atoms with Crippen LogP contribution in [0.2, 0.25) is 0 Å². The molecule has 1 aromatic carbocycles. The van der Waals surface area contributed by atoms with Crippen LogP contribution in [0.5, 0.6) is 0 Å². The first-order chi connectivity index (χ1) is 6.38. The molecule has 0 amide bonds. The smallest absolute Gasteiger partial charge is 0.229 e. The Labute approximate surface area is 83.6 Å². The molecule has 1 aromatic rings. The van der Waals surface area contributed by atoms with Crippen LogP contribution in [0.25, 0.3) is 0 Å². The van der Waals surface area contributed by atoms with Crippen molar-refractivity contribution in [2.75, 3.05) is 11.0 Å². The molecule has 0 aliphatic carbocycles. The minimum absolute atomic E-state index is 0.464. The molecule has 0 bridgehead atoms. The lowest BCUT2D eigenvalue weighted by Crippen LogP contribution is -2.09. The van der Waals surface area contributed by atoms with Gasteiger partial charge in [0.1, 0.15) is 0 Å². The maximum Gasteiger partial charge on any atom is 0.229 e. The normalized spacial score (nSPS) is 13.6. The number of benzene rings is 1. The van der Waals surface area contributed by atoms with E-state index in [0.717, 1.165) is 6.26 Å². The molecule has 0 saturated heterocycles. The lowest BCUT2D eigenvalue weighted by molar-refractivity contribution is 0.199. The highest BCUT2D eigenvalue weighted by Crippen LogP contribution is 2.17. The average Bonchev–Trinajstić information content (AvgIpc) is 2.01. The standard InChI is InChI=1S/C9H13NO3S/c1-7(11)8-4-3-5-9(6-8)10-14(2,12)13/h3-7,10-11H,1-2H3/t7-/m0/s1. The summed E-state index contributed by atoms with van der Waals surface area (Å²) < 4.78 is 24.2. The number of rotatable bonds is 3. The Morgan fingerprint density at radius 2 is 2.07 bits per heavy atom. The van der Waals surface area contributed by atoms with E-state index in [-0.39, 0.29) is 0 Å². The van der Waals surface area contributed by atoms with Gasteiger partial charge in [0.25, 0.3) is 0 Å². The molecule has 0 spiro atoms. The number of hydrogen-bond acceptors (Lipinski definition) is 3. The maximum absolute atomic E-state index is 10.9. The number of nitrogens with one attached hydrogen (secondary N) is 1. The van der Waals surface area contributed by atoms with Gasteiger partial charge in [-0.3, -0.25) is 4.72 Å². The molecule has 0 aliphatic heterocycles. The van der Waals surface area contributed by atoms with E-state index in [0.29, 0.717) is 11.3 Å². The molecular formula is C9H13NO3S. The summed E-state index contributed by atoms with van der Waals surface area (Å²) in [7, 11) is -3.25. The molecule has 0 aliphatic rings. The summed E-state index contributed by atoms with van der Waals surface area (Å²) >= 11 is 0. The molecule has 2 N–H and O–H groups in total. The lowest BCUT2D eigenvalue weighted by atomic mass is 10.1. The van der Waals surface area contributed by atoms with E-state index in [9.17, 15) is 13.5 Å². The highest BCUT2D eigenvalue weighted by Gasteiger charge is 2.04. The van der Waals surface area contributed by atoms with Crippen molar-refractivity contribution in [1.82, 2.24) is 0 Å². The predicted octanol–water partition coefficient (Wildman–Crippen LogP) is 1.11. The Bertz CT molecular complexity index is 412. The Morgan fingerprint density at radius 3 is 2.57 bits per heavy atom. The van der Waals surface area contributed by atoms with E-state index in [2.05, 4.69) is 4.72 Å². The van der Waals surface area contributed by atoms with Crippen LogP contribution in [0, 0.1) is 0 Å². The maximum atomic E-state index is 10.9.